The highest BCUT2D eigenvalue weighted by Crippen LogP contribution is 2.27. The Morgan fingerprint density at radius 1 is 1.20 bits per heavy atom. The summed E-state index contributed by atoms with van der Waals surface area (Å²) in [4.78, 5) is 0. The van der Waals surface area contributed by atoms with Crippen molar-refractivity contribution in [2.24, 2.45) is 0 Å². The normalized spacial score (nSPS) is 14.9. The summed E-state index contributed by atoms with van der Waals surface area (Å²) in [5.74, 6) is 0. The van der Waals surface area contributed by atoms with E-state index in [0.29, 0.717) is 13.2 Å². The Bertz CT molecular complexity index is 265. The molecule has 1 unspecified atom stereocenters. The van der Waals surface area contributed by atoms with E-state index in [1.54, 1.807) is 0 Å². The summed E-state index contributed by atoms with van der Waals surface area (Å²) in [6.07, 6.45) is 0.882. The van der Waals surface area contributed by atoms with E-state index in [4.69, 9.17) is 4.74 Å². The SMILES string of the molecule is CCOCC(CC)(CO)c1ccccc1. The minimum Gasteiger partial charge on any atom is -0.395 e. The molecule has 0 saturated carbocycles. The van der Waals surface area contributed by atoms with Crippen LogP contribution in [0, 0.1) is 0 Å². The fraction of sp³-hybridized carbons (Fsp3) is 0.538. The van der Waals surface area contributed by atoms with Gasteiger partial charge in [-0.25, -0.2) is 0 Å². The highest BCUT2D eigenvalue weighted by Gasteiger charge is 2.29. The standard InChI is InChI=1S/C13H20O2/c1-3-13(10-14,11-15-4-2)12-8-6-5-7-9-12/h5-9,14H,3-4,10-11H2,1-2H3. The van der Waals surface area contributed by atoms with Crippen LogP contribution in [0.25, 0.3) is 0 Å². The molecule has 15 heavy (non-hydrogen) atoms. The molecule has 84 valence electrons. The lowest BCUT2D eigenvalue weighted by molar-refractivity contribution is 0.0554. The van der Waals surface area contributed by atoms with Gasteiger partial charge >= 0.3 is 0 Å². The number of hydrogen-bond donors (Lipinski definition) is 1. The molecule has 0 saturated heterocycles. The van der Waals surface area contributed by atoms with Crippen molar-refractivity contribution in [2.45, 2.75) is 25.7 Å². The van der Waals surface area contributed by atoms with Gasteiger partial charge in [0.25, 0.3) is 0 Å². The van der Waals surface area contributed by atoms with Crippen LogP contribution >= 0.6 is 0 Å². The van der Waals surface area contributed by atoms with Crippen molar-refractivity contribution >= 4 is 0 Å². The lowest BCUT2D eigenvalue weighted by Crippen LogP contribution is -2.35. The maximum absolute atomic E-state index is 9.58. The van der Waals surface area contributed by atoms with Crippen molar-refractivity contribution in [1.82, 2.24) is 0 Å². The monoisotopic (exact) mass is 208 g/mol. The quantitative estimate of drug-likeness (QED) is 0.777. The van der Waals surface area contributed by atoms with Crippen LogP contribution in [0.4, 0.5) is 0 Å². The van der Waals surface area contributed by atoms with Crippen LogP contribution in [0.2, 0.25) is 0 Å². The average molecular weight is 208 g/mol. The third-order valence-corrected chi connectivity index (χ3v) is 2.95. The molecule has 1 rings (SSSR count). The highest BCUT2D eigenvalue weighted by molar-refractivity contribution is 5.25. The van der Waals surface area contributed by atoms with E-state index >= 15 is 0 Å². The van der Waals surface area contributed by atoms with Gasteiger partial charge in [-0.2, -0.15) is 0 Å². The highest BCUT2D eigenvalue weighted by atomic mass is 16.5. The molecule has 0 amide bonds. The van der Waals surface area contributed by atoms with Gasteiger partial charge in [-0.1, -0.05) is 37.3 Å². The summed E-state index contributed by atoms with van der Waals surface area (Å²) in [5.41, 5.74) is 0.917. The second-order valence-electron chi connectivity index (χ2n) is 3.80. The molecule has 1 aromatic rings. The minimum atomic E-state index is -0.239. The predicted molar refractivity (Wildman–Crippen MR) is 62.0 cm³/mol. The number of benzene rings is 1. The Kier molecular flexibility index (Phi) is 4.79. The van der Waals surface area contributed by atoms with Gasteiger partial charge in [0, 0.05) is 12.0 Å². The molecular weight excluding hydrogens is 188 g/mol. The fourth-order valence-electron chi connectivity index (χ4n) is 1.73. The van der Waals surface area contributed by atoms with Gasteiger partial charge in [-0.3, -0.25) is 0 Å². The fourth-order valence-corrected chi connectivity index (χ4v) is 1.73. The Labute approximate surface area is 91.9 Å². The molecule has 0 aromatic heterocycles. The van der Waals surface area contributed by atoms with Gasteiger partial charge in [-0.05, 0) is 18.9 Å². The van der Waals surface area contributed by atoms with Crippen LogP contribution < -0.4 is 0 Å². The first-order valence-corrected chi connectivity index (χ1v) is 5.53. The lowest BCUT2D eigenvalue weighted by Gasteiger charge is -2.30. The number of aliphatic hydroxyl groups excluding tert-OH is 1. The summed E-state index contributed by atoms with van der Waals surface area (Å²) in [6, 6.07) is 10.1. The second-order valence-corrected chi connectivity index (χ2v) is 3.80. The molecule has 1 aromatic carbocycles. The lowest BCUT2D eigenvalue weighted by atomic mass is 9.79. The first-order valence-electron chi connectivity index (χ1n) is 5.53. The van der Waals surface area contributed by atoms with Crippen LogP contribution in [-0.4, -0.2) is 24.9 Å². The van der Waals surface area contributed by atoms with Crippen LogP contribution in [0.3, 0.4) is 0 Å². The van der Waals surface area contributed by atoms with E-state index in [-0.39, 0.29) is 12.0 Å². The molecular formula is C13H20O2. The first kappa shape index (κ1) is 12.2. The molecule has 0 aliphatic carbocycles. The Morgan fingerprint density at radius 3 is 2.33 bits per heavy atom. The van der Waals surface area contributed by atoms with Gasteiger partial charge in [0.15, 0.2) is 0 Å². The maximum Gasteiger partial charge on any atom is 0.0584 e. The zero-order valence-electron chi connectivity index (χ0n) is 9.57. The van der Waals surface area contributed by atoms with Gasteiger partial charge < -0.3 is 9.84 Å². The molecule has 2 nitrogen and oxygen atoms in total. The van der Waals surface area contributed by atoms with Crippen LogP contribution in [0.1, 0.15) is 25.8 Å². The smallest absolute Gasteiger partial charge is 0.0584 e. The van der Waals surface area contributed by atoms with Gasteiger partial charge in [0.1, 0.15) is 0 Å². The van der Waals surface area contributed by atoms with Gasteiger partial charge in [0.05, 0.1) is 13.2 Å². The molecule has 2 heteroatoms. The van der Waals surface area contributed by atoms with E-state index in [2.05, 4.69) is 19.1 Å². The van der Waals surface area contributed by atoms with Crippen molar-refractivity contribution in [3.63, 3.8) is 0 Å². The van der Waals surface area contributed by atoms with Crippen LogP contribution in [-0.2, 0) is 10.2 Å². The van der Waals surface area contributed by atoms with E-state index in [0.717, 1.165) is 12.0 Å². The Hall–Kier alpha value is -0.860. The third kappa shape index (κ3) is 2.80. The summed E-state index contributed by atoms with van der Waals surface area (Å²) in [6.45, 7) is 5.47. The second kappa shape index (κ2) is 5.89. The molecule has 0 heterocycles. The molecule has 1 N–H and O–H groups in total. The number of hydrogen-bond acceptors (Lipinski definition) is 2. The zero-order valence-corrected chi connectivity index (χ0v) is 9.57. The van der Waals surface area contributed by atoms with Crippen molar-refractivity contribution in [3.05, 3.63) is 35.9 Å². The van der Waals surface area contributed by atoms with E-state index < -0.39 is 0 Å². The molecule has 0 radical (unpaired) electrons. The molecule has 1 atom stereocenters. The van der Waals surface area contributed by atoms with Crippen LogP contribution in [0.5, 0.6) is 0 Å². The van der Waals surface area contributed by atoms with E-state index in [1.165, 1.54) is 0 Å². The summed E-state index contributed by atoms with van der Waals surface area (Å²) < 4.78 is 5.48. The van der Waals surface area contributed by atoms with Crippen LogP contribution in [0.15, 0.2) is 30.3 Å². The number of rotatable bonds is 6. The van der Waals surface area contributed by atoms with E-state index in [9.17, 15) is 5.11 Å². The molecule has 0 bridgehead atoms. The van der Waals surface area contributed by atoms with Crippen molar-refractivity contribution in [1.29, 1.82) is 0 Å². The molecule has 0 aliphatic heterocycles. The first-order chi connectivity index (χ1) is 7.29. The Balaban J connectivity index is 2.89. The summed E-state index contributed by atoms with van der Waals surface area (Å²) >= 11 is 0. The van der Waals surface area contributed by atoms with Crippen molar-refractivity contribution in [3.8, 4) is 0 Å². The molecule has 0 fully saturated rings. The van der Waals surface area contributed by atoms with Crippen molar-refractivity contribution < 1.29 is 9.84 Å². The largest absolute Gasteiger partial charge is 0.395 e. The third-order valence-electron chi connectivity index (χ3n) is 2.95. The minimum absolute atomic E-state index is 0.132. The summed E-state index contributed by atoms with van der Waals surface area (Å²) in [5, 5.41) is 9.58. The van der Waals surface area contributed by atoms with Gasteiger partial charge in [-0.15, -0.1) is 0 Å². The zero-order chi connectivity index (χ0) is 11.1. The van der Waals surface area contributed by atoms with E-state index in [1.807, 2.05) is 25.1 Å². The molecule has 0 aliphatic rings. The number of ether oxygens (including phenoxy) is 1. The Morgan fingerprint density at radius 2 is 1.87 bits per heavy atom. The number of aliphatic hydroxyl groups is 1. The summed E-state index contributed by atoms with van der Waals surface area (Å²) in [7, 11) is 0. The van der Waals surface area contributed by atoms with Gasteiger partial charge in [0.2, 0.25) is 0 Å². The molecule has 0 spiro atoms. The maximum atomic E-state index is 9.58. The topological polar surface area (TPSA) is 29.5 Å². The average Bonchev–Trinajstić information content (AvgIpc) is 2.33. The predicted octanol–water partition coefficient (Wildman–Crippen LogP) is 2.36. The van der Waals surface area contributed by atoms with Crippen molar-refractivity contribution in [2.75, 3.05) is 19.8 Å².